The predicted octanol–water partition coefficient (Wildman–Crippen LogP) is 2.64. The molecule has 0 N–H and O–H groups in total. The van der Waals surface area contributed by atoms with Gasteiger partial charge in [-0.25, -0.2) is 4.90 Å². The highest BCUT2D eigenvalue weighted by Crippen LogP contribution is 2.31. The molecule has 2 amide bonds. The minimum atomic E-state index is -0.816. The number of halogens is 1. The van der Waals surface area contributed by atoms with Crippen LogP contribution in [0, 0.1) is 0 Å². The number of benzene rings is 1. The molecule has 1 aromatic carbocycles. The number of rotatable bonds is 2. The van der Waals surface area contributed by atoms with Gasteiger partial charge in [0, 0.05) is 10.5 Å². The maximum absolute atomic E-state index is 11.9. The monoisotopic (exact) mass is 319 g/mol. The molecule has 0 atom stereocenters. The third-order valence-electron chi connectivity index (χ3n) is 2.60. The van der Waals surface area contributed by atoms with Crippen molar-refractivity contribution in [2.45, 2.75) is 6.92 Å². The van der Waals surface area contributed by atoms with E-state index in [1.54, 1.807) is 30.4 Å². The second-order valence-electron chi connectivity index (χ2n) is 3.85. The van der Waals surface area contributed by atoms with Gasteiger partial charge in [-0.05, 0) is 25.1 Å². The Morgan fingerprint density at radius 2 is 2.00 bits per heavy atom. The second kappa shape index (κ2) is 5.32. The SMILES string of the molecule is C/C=C/C=C/C(=O)N1C(=O)C(=O)c2cc(Br)ccc21. The fourth-order valence-electron chi connectivity index (χ4n) is 1.75. The molecule has 1 aromatic rings. The molecule has 0 radical (unpaired) electrons. The Kier molecular flexibility index (Phi) is 3.76. The topological polar surface area (TPSA) is 54.5 Å². The molecule has 1 heterocycles. The van der Waals surface area contributed by atoms with Crippen molar-refractivity contribution in [2.24, 2.45) is 0 Å². The van der Waals surface area contributed by atoms with Crippen LogP contribution in [0.3, 0.4) is 0 Å². The zero-order valence-corrected chi connectivity index (χ0v) is 11.7. The molecule has 0 aliphatic carbocycles. The van der Waals surface area contributed by atoms with E-state index in [-0.39, 0.29) is 5.56 Å². The lowest BCUT2D eigenvalue weighted by atomic mass is 10.1. The molecule has 4 nitrogen and oxygen atoms in total. The van der Waals surface area contributed by atoms with Crippen LogP contribution in [0.5, 0.6) is 0 Å². The van der Waals surface area contributed by atoms with E-state index in [1.165, 1.54) is 12.2 Å². The number of amides is 2. The minimum absolute atomic E-state index is 0.243. The standard InChI is InChI=1S/C14H10BrNO3/c1-2-3-4-5-12(17)16-11-7-6-9(15)8-10(11)13(18)14(16)19/h2-8H,1H3/b3-2+,5-4+. The maximum atomic E-state index is 11.9. The Morgan fingerprint density at radius 3 is 2.68 bits per heavy atom. The minimum Gasteiger partial charge on any atom is -0.283 e. The Labute approximate surface area is 118 Å². The summed E-state index contributed by atoms with van der Waals surface area (Å²) >= 11 is 3.23. The third-order valence-corrected chi connectivity index (χ3v) is 3.10. The number of hydrogen-bond acceptors (Lipinski definition) is 3. The van der Waals surface area contributed by atoms with E-state index < -0.39 is 17.6 Å². The summed E-state index contributed by atoms with van der Waals surface area (Å²) in [6.07, 6.45) is 6.20. The van der Waals surface area contributed by atoms with Gasteiger partial charge in [-0.3, -0.25) is 14.4 Å². The fraction of sp³-hybridized carbons (Fsp3) is 0.0714. The largest absolute Gasteiger partial charge is 0.306 e. The van der Waals surface area contributed by atoms with Crippen LogP contribution in [0.4, 0.5) is 5.69 Å². The average molecular weight is 320 g/mol. The van der Waals surface area contributed by atoms with Crippen LogP contribution < -0.4 is 4.90 Å². The molecule has 0 aromatic heterocycles. The zero-order chi connectivity index (χ0) is 14.0. The summed E-state index contributed by atoms with van der Waals surface area (Å²) in [5, 5.41) is 0. The number of imide groups is 1. The summed E-state index contributed by atoms with van der Waals surface area (Å²) in [5.41, 5.74) is 0.570. The summed E-state index contributed by atoms with van der Waals surface area (Å²) in [6, 6.07) is 4.79. The van der Waals surface area contributed by atoms with Crippen molar-refractivity contribution in [3.05, 3.63) is 52.5 Å². The van der Waals surface area contributed by atoms with Crippen molar-refractivity contribution in [3.63, 3.8) is 0 Å². The van der Waals surface area contributed by atoms with Crippen LogP contribution in [0.1, 0.15) is 17.3 Å². The van der Waals surface area contributed by atoms with Crippen molar-refractivity contribution < 1.29 is 14.4 Å². The molecule has 0 spiro atoms. The second-order valence-corrected chi connectivity index (χ2v) is 4.77. The molecule has 0 saturated heterocycles. The smallest absolute Gasteiger partial charge is 0.283 e. The lowest BCUT2D eigenvalue weighted by Crippen LogP contribution is -2.34. The molecule has 0 saturated carbocycles. The summed E-state index contributed by atoms with van der Waals surface area (Å²) in [4.78, 5) is 36.5. The number of anilines is 1. The highest BCUT2D eigenvalue weighted by atomic mass is 79.9. The first-order valence-corrected chi connectivity index (χ1v) is 6.37. The molecule has 5 heteroatoms. The summed E-state index contributed by atoms with van der Waals surface area (Å²) < 4.78 is 0.686. The van der Waals surface area contributed by atoms with Crippen LogP contribution in [-0.2, 0) is 9.59 Å². The van der Waals surface area contributed by atoms with Gasteiger partial charge in [-0.15, -0.1) is 0 Å². The number of allylic oxidation sites excluding steroid dienone is 3. The first-order chi connectivity index (χ1) is 9.06. The Bertz CT molecular complexity index is 632. The van der Waals surface area contributed by atoms with Crippen LogP contribution in [0.2, 0.25) is 0 Å². The number of ketones is 1. The van der Waals surface area contributed by atoms with E-state index in [0.29, 0.717) is 10.2 Å². The zero-order valence-electron chi connectivity index (χ0n) is 10.1. The van der Waals surface area contributed by atoms with E-state index in [0.717, 1.165) is 4.90 Å². The van der Waals surface area contributed by atoms with Gasteiger partial charge in [0.25, 0.3) is 11.7 Å². The van der Waals surface area contributed by atoms with Crippen molar-refractivity contribution >= 4 is 39.2 Å². The van der Waals surface area contributed by atoms with Gasteiger partial charge in [0.2, 0.25) is 0 Å². The van der Waals surface area contributed by atoms with E-state index in [4.69, 9.17) is 0 Å². The number of fused-ring (bicyclic) bond motifs is 1. The normalized spacial score (nSPS) is 14.7. The molecule has 0 unspecified atom stereocenters. The van der Waals surface area contributed by atoms with Crippen molar-refractivity contribution in [1.82, 2.24) is 0 Å². The van der Waals surface area contributed by atoms with Crippen molar-refractivity contribution in [1.29, 1.82) is 0 Å². The van der Waals surface area contributed by atoms with Gasteiger partial charge in [0.1, 0.15) is 0 Å². The van der Waals surface area contributed by atoms with Gasteiger partial charge < -0.3 is 0 Å². The highest BCUT2D eigenvalue weighted by Gasteiger charge is 2.38. The Morgan fingerprint density at radius 1 is 1.26 bits per heavy atom. The van der Waals surface area contributed by atoms with Crippen LogP contribution in [0.25, 0.3) is 0 Å². The number of nitrogens with zero attached hydrogens (tertiary/aromatic N) is 1. The first-order valence-electron chi connectivity index (χ1n) is 5.58. The number of carbonyl (C=O) groups is 3. The van der Waals surface area contributed by atoms with Crippen molar-refractivity contribution in [2.75, 3.05) is 4.90 Å². The first kappa shape index (κ1) is 13.4. The van der Waals surface area contributed by atoms with Crippen molar-refractivity contribution in [3.8, 4) is 0 Å². The molecule has 0 fully saturated rings. The quantitative estimate of drug-likeness (QED) is 0.478. The summed E-state index contributed by atoms with van der Waals surface area (Å²) in [5.74, 6) is -2.01. The molecule has 1 aliphatic heterocycles. The van der Waals surface area contributed by atoms with E-state index in [9.17, 15) is 14.4 Å². The molecule has 0 bridgehead atoms. The number of carbonyl (C=O) groups excluding carboxylic acids is 3. The van der Waals surface area contributed by atoms with E-state index in [2.05, 4.69) is 15.9 Å². The molecule has 1 aliphatic rings. The molecular formula is C14H10BrNO3. The van der Waals surface area contributed by atoms with Crippen LogP contribution >= 0.6 is 15.9 Å². The highest BCUT2D eigenvalue weighted by molar-refractivity contribution is 9.10. The van der Waals surface area contributed by atoms with Gasteiger partial charge >= 0.3 is 5.91 Å². The Balaban J connectivity index is 2.41. The van der Waals surface area contributed by atoms with E-state index >= 15 is 0 Å². The Hall–Kier alpha value is -2.01. The van der Waals surface area contributed by atoms with E-state index in [1.807, 2.05) is 6.92 Å². The third kappa shape index (κ3) is 2.42. The summed E-state index contributed by atoms with van der Waals surface area (Å²) in [7, 11) is 0. The van der Waals surface area contributed by atoms with Gasteiger partial charge in [0.15, 0.2) is 0 Å². The average Bonchev–Trinajstić information content (AvgIpc) is 2.63. The maximum Gasteiger partial charge on any atom is 0.306 e. The lowest BCUT2D eigenvalue weighted by molar-refractivity contribution is -0.121. The molecular weight excluding hydrogens is 310 g/mol. The molecule has 2 rings (SSSR count). The van der Waals surface area contributed by atoms with Gasteiger partial charge in [-0.1, -0.05) is 34.2 Å². The van der Waals surface area contributed by atoms with Gasteiger partial charge in [0.05, 0.1) is 11.3 Å². The van der Waals surface area contributed by atoms with Gasteiger partial charge in [-0.2, -0.15) is 0 Å². The predicted molar refractivity (Wildman–Crippen MR) is 74.9 cm³/mol. The fourth-order valence-corrected chi connectivity index (χ4v) is 2.11. The molecule has 96 valence electrons. The molecule has 19 heavy (non-hydrogen) atoms. The lowest BCUT2D eigenvalue weighted by Gasteiger charge is -2.11. The number of hydrogen-bond donors (Lipinski definition) is 0. The van der Waals surface area contributed by atoms with Crippen LogP contribution in [-0.4, -0.2) is 17.6 Å². The van der Waals surface area contributed by atoms with Crippen LogP contribution in [0.15, 0.2) is 47.0 Å². The number of Topliss-reactive ketones (excluding diaryl/α,β-unsaturated/α-hetero) is 1. The summed E-state index contributed by atoms with van der Waals surface area (Å²) in [6.45, 7) is 1.81.